The van der Waals surface area contributed by atoms with Crippen molar-refractivity contribution in [1.82, 2.24) is 5.32 Å². The lowest BCUT2D eigenvalue weighted by Crippen LogP contribution is -2.26. The molecule has 7 nitrogen and oxygen atoms in total. The Bertz CT molecular complexity index is 1160. The highest BCUT2D eigenvalue weighted by atomic mass is 32.2. The highest BCUT2D eigenvalue weighted by molar-refractivity contribution is 7.92. The van der Waals surface area contributed by atoms with Gasteiger partial charge in [-0.3, -0.25) is 9.52 Å². The molecule has 168 valence electrons. The van der Waals surface area contributed by atoms with E-state index in [1.165, 1.54) is 18.2 Å². The lowest BCUT2D eigenvalue weighted by molar-refractivity contribution is 0.0954. The molecule has 3 aromatic rings. The standard InChI is InChI=1S/C24H26N2O5S/c1-3-31-21-11-13-22(14-12-21)32(28,29)26-20-9-6-8-19(17-20)24(27)25-16-15-18-7-4-5-10-23(18)30-2/h4-14,17,26H,3,15-16H2,1-2H3,(H,25,27). The van der Waals surface area contributed by atoms with E-state index in [9.17, 15) is 13.2 Å². The first-order valence-electron chi connectivity index (χ1n) is 10.2. The molecule has 0 heterocycles. The maximum atomic E-state index is 12.7. The summed E-state index contributed by atoms with van der Waals surface area (Å²) in [4.78, 5) is 12.6. The average Bonchev–Trinajstić information content (AvgIpc) is 2.80. The van der Waals surface area contributed by atoms with Gasteiger partial charge in [0.15, 0.2) is 0 Å². The van der Waals surface area contributed by atoms with Gasteiger partial charge in [-0.2, -0.15) is 0 Å². The monoisotopic (exact) mass is 454 g/mol. The highest BCUT2D eigenvalue weighted by Crippen LogP contribution is 2.20. The van der Waals surface area contributed by atoms with Crippen LogP contribution in [0.3, 0.4) is 0 Å². The quantitative estimate of drug-likeness (QED) is 0.485. The fourth-order valence-corrected chi connectivity index (χ4v) is 4.19. The molecule has 0 fully saturated rings. The van der Waals surface area contributed by atoms with E-state index in [0.29, 0.717) is 36.6 Å². The van der Waals surface area contributed by atoms with Crippen molar-refractivity contribution < 1.29 is 22.7 Å². The maximum Gasteiger partial charge on any atom is 0.261 e. The highest BCUT2D eigenvalue weighted by Gasteiger charge is 2.15. The van der Waals surface area contributed by atoms with E-state index in [0.717, 1.165) is 11.3 Å². The Hall–Kier alpha value is -3.52. The zero-order valence-electron chi connectivity index (χ0n) is 18.0. The van der Waals surface area contributed by atoms with Crippen molar-refractivity contribution in [3.63, 3.8) is 0 Å². The second-order valence-electron chi connectivity index (χ2n) is 6.91. The van der Waals surface area contributed by atoms with Crippen LogP contribution in [0.2, 0.25) is 0 Å². The molecule has 0 aliphatic heterocycles. The third kappa shape index (κ3) is 6.01. The SMILES string of the molecule is CCOc1ccc(S(=O)(=O)Nc2cccc(C(=O)NCCc3ccccc3OC)c2)cc1. The van der Waals surface area contributed by atoms with Crippen LogP contribution in [0, 0.1) is 0 Å². The van der Waals surface area contributed by atoms with Crippen molar-refractivity contribution in [2.24, 2.45) is 0 Å². The second kappa shape index (κ2) is 10.7. The Morgan fingerprint density at radius 1 is 0.969 bits per heavy atom. The topological polar surface area (TPSA) is 93.7 Å². The first-order valence-corrected chi connectivity index (χ1v) is 11.7. The van der Waals surface area contributed by atoms with Crippen molar-refractivity contribution in [3.8, 4) is 11.5 Å². The lowest BCUT2D eigenvalue weighted by atomic mass is 10.1. The van der Waals surface area contributed by atoms with Crippen LogP contribution in [-0.4, -0.2) is 34.6 Å². The van der Waals surface area contributed by atoms with Gasteiger partial charge < -0.3 is 14.8 Å². The molecule has 3 aromatic carbocycles. The molecule has 0 aliphatic rings. The fourth-order valence-electron chi connectivity index (χ4n) is 3.14. The van der Waals surface area contributed by atoms with Gasteiger partial charge in [0.2, 0.25) is 0 Å². The molecule has 2 N–H and O–H groups in total. The summed E-state index contributed by atoms with van der Waals surface area (Å²) in [6.07, 6.45) is 0.611. The van der Waals surface area contributed by atoms with Crippen molar-refractivity contribution in [2.75, 3.05) is 25.0 Å². The van der Waals surface area contributed by atoms with Gasteiger partial charge in [-0.1, -0.05) is 24.3 Å². The summed E-state index contributed by atoms with van der Waals surface area (Å²) in [6, 6.07) is 20.1. The summed E-state index contributed by atoms with van der Waals surface area (Å²) in [5.41, 5.74) is 1.65. The van der Waals surface area contributed by atoms with Crippen LogP contribution >= 0.6 is 0 Å². The van der Waals surface area contributed by atoms with Crippen LogP contribution in [0.5, 0.6) is 11.5 Å². The molecule has 0 bridgehead atoms. The van der Waals surface area contributed by atoms with Crippen molar-refractivity contribution in [1.29, 1.82) is 0 Å². The number of anilines is 1. The first kappa shape index (κ1) is 23.1. The largest absolute Gasteiger partial charge is 0.496 e. The molecule has 1 amide bonds. The number of hydrogen-bond donors (Lipinski definition) is 2. The number of carbonyl (C=O) groups excluding carboxylic acids is 1. The number of carbonyl (C=O) groups is 1. The molecular formula is C24H26N2O5S. The van der Waals surface area contributed by atoms with Gasteiger partial charge in [0.25, 0.3) is 15.9 Å². The smallest absolute Gasteiger partial charge is 0.261 e. The third-order valence-electron chi connectivity index (χ3n) is 4.69. The maximum absolute atomic E-state index is 12.7. The van der Waals surface area contributed by atoms with Gasteiger partial charge in [0.05, 0.1) is 18.6 Å². The van der Waals surface area contributed by atoms with Crippen LogP contribution in [0.15, 0.2) is 77.7 Å². The van der Waals surface area contributed by atoms with Crippen molar-refractivity contribution in [3.05, 3.63) is 83.9 Å². The Morgan fingerprint density at radius 3 is 2.44 bits per heavy atom. The molecule has 0 unspecified atom stereocenters. The Kier molecular flexibility index (Phi) is 7.72. The summed E-state index contributed by atoms with van der Waals surface area (Å²) < 4.78 is 38.5. The molecule has 0 radical (unpaired) electrons. The molecule has 3 rings (SSSR count). The van der Waals surface area contributed by atoms with Gasteiger partial charge >= 0.3 is 0 Å². The Morgan fingerprint density at radius 2 is 1.72 bits per heavy atom. The van der Waals surface area contributed by atoms with E-state index < -0.39 is 10.0 Å². The second-order valence-corrected chi connectivity index (χ2v) is 8.59. The minimum Gasteiger partial charge on any atom is -0.496 e. The minimum absolute atomic E-state index is 0.104. The van der Waals surface area contributed by atoms with Gasteiger partial charge in [-0.25, -0.2) is 8.42 Å². The Labute approximate surface area is 188 Å². The summed E-state index contributed by atoms with van der Waals surface area (Å²) >= 11 is 0. The number of hydrogen-bond acceptors (Lipinski definition) is 5. The summed E-state index contributed by atoms with van der Waals surface area (Å²) in [5.74, 6) is 1.08. The lowest BCUT2D eigenvalue weighted by Gasteiger charge is -2.11. The normalized spacial score (nSPS) is 10.9. The molecular weight excluding hydrogens is 428 g/mol. The van der Waals surface area contributed by atoms with E-state index in [-0.39, 0.29) is 10.8 Å². The molecule has 8 heteroatoms. The molecule has 0 spiro atoms. The van der Waals surface area contributed by atoms with Crippen LogP contribution in [0.1, 0.15) is 22.8 Å². The van der Waals surface area contributed by atoms with E-state index in [1.54, 1.807) is 37.4 Å². The molecule has 32 heavy (non-hydrogen) atoms. The zero-order chi connectivity index (χ0) is 23.0. The molecule has 0 saturated carbocycles. The number of ether oxygens (including phenoxy) is 2. The number of sulfonamides is 1. The zero-order valence-corrected chi connectivity index (χ0v) is 18.8. The average molecular weight is 455 g/mol. The van der Waals surface area contributed by atoms with E-state index >= 15 is 0 Å². The molecule has 0 atom stereocenters. The Balaban J connectivity index is 1.63. The predicted octanol–water partition coefficient (Wildman–Crippen LogP) is 3.87. The van der Waals surface area contributed by atoms with E-state index in [2.05, 4.69) is 10.0 Å². The van der Waals surface area contributed by atoms with Crippen LogP contribution in [-0.2, 0) is 16.4 Å². The minimum atomic E-state index is -3.80. The van der Waals surface area contributed by atoms with Gasteiger partial charge in [-0.15, -0.1) is 0 Å². The predicted molar refractivity (Wildman–Crippen MR) is 124 cm³/mol. The fraction of sp³-hybridized carbons (Fsp3) is 0.208. The number of nitrogens with one attached hydrogen (secondary N) is 2. The first-order chi connectivity index (χ1) is 15.4. The molecule has 0 saturated heterocycles. The van der Waals surface area contributed by atoms with E-state index in [1.807, 2.05) is 31.2 Å². The number of para-hydroxylation sites is 1. The molecule has 0 aromatic heterocycles. The van der Waals surface area contributed by atoms with Crippen LogP contribution in [0.4, 0.5) is 5.69 Å². The van der Waals surface area contributed by atoms with Gasteiger partial charge in [-0.05, 0) is 67.4 Å². The van der Waals surface area contributed by atoms with Crippen LogP contribution in [0.25, 0.3) is 0 Å². The van der Waals surface area contributed by atoms with Crippen molar-refractivity contribution >= 4 is 21.6 Å². The third-order valence-corrected chi connectivity index (χ3v) is 6.09. The van der Waals surface area contributed by atoms with Crippen molar-refractivity contribution in [2.45, 2.75) is 18.2 Å². The number of methoxy groups -OCH3 is 1. The number of rotatable bonds is 10. The summed E-state index contributed by atoms with van der Waals surface area (Å²) in [7, 11) is -2.19. The number of benzene rings is 3. The van der Waals surface area contributed by atoms with Gasteiger partial charge in [0.1, 0.15) is 11.5 Å². The number of amides is 1. The summed E-state index contributed by atoms with van der Waals surface area (Å²) in [5, 5.41) is 2.85. The van der Waals surface area contributed by atoms with Crippen LogP contribution < -0.4 is 19.5 Å². The summed E-state index contributed by atoms with van der Waals surface area (Å²) in [6.45, 7) is 2.77. The van der Waals surface area contributed by atoms with Gasteiger partial charge in [0, 0.05) is 17.8 Å². The van der Waals surface area contributed by atoms with E-state index in [4.69, 9.17) is 9.47 Å². The molecule has 0 aliphatic carbocycles.